The molecule has 28 heavy (non-hydrogen) atoms. The van der Waals surface area contributed by atoms with Gasteiger partial charge >= 0.3 is 5.97 Å². The van der Waals surface area contributed by atoms with E-state index in [0.29, 0.717) is 17.6 Å². The van der Waals surface area contributed by atoms with Gasteiger partial charge in [-0.25, -0.2) is 8.42 Å². The Morgan fingerprint density at radius 3 is 2.71 bits per heavy atom. The highest BCUT2D eigenvalue weighted by Gasteiger charge is 2.38. The van der Waals surface area contributed by atoms with Gasteiger partial charge in [0.25, 0.3) is 0 Å². The molecular weight excluding hydrogens is 406 g/mol. The second-order valence-electron chi connectivity index (χ2n) is 7.02. The van der Waals surface area contributed by atoms with Gasteiger partial charge in [-0.2, -0.15) is 4.72 Å². The summed E-state index contributed by atoms with van der Waals surface area (Å²) >= 11 is 0. The smallest absolute Gasteiger partial charge is 0.320 e. The maximum atomic E-state index is 12.6. The van der Waals surface area contributed by atoms with Crippen LogP contribution in [0.15, 0.2) is 29.2 Å². The summed E-state index contributed by atoms with van der Waals surface area (Å²) in [5.41, 5.74) is 0.401. The molecule has 0 spiro atoms. The van der Waals surface area contributed by atoms with Crippen molar-refractivity contribution < 1.29 is 22.7 Å². The number of benzene rings is 1. The summed E-state index contributed by atoms with van der Waals surface area (Å²) in [5, 5.41) is 6.20. The second kappa shape index (κ2) is 9.69. The first kappa shape index (κ1) is 22.6. The van der Waals surface area contributed by atoms with Crippen LogP contribution in [0, 0.1) is 5.92 Å². The third-order valence-corrected chi connectivity index (χ3v) is 6.62. The minimum Gasteiger partial charge on any atom is -0.468 e. The van der Waals surface area contributed by atoms with Crippen LogP contribution in [0.5, 0.6) is 0 Å². The van der Waals surface area contributed by atoms with E-state index in [-0.39, 0.29) is 29.3 Å². The monoisotopic (exact) mass is 431 g/mol. The van der Waals surface area contributed by atoms with Crippen LogP contribution in [0.4, 0.5) is 5.69 Å². The van der Waals surface area contributed by atoms with Gasteiger partial charge in [-0.05, 0) is 43.4 Å². The lowest BCUT2D eigenvalue weighted by atomic mass is 9.85. The molecule has 0 radical (unpaired) electrons. The number of esters is 1. The van der Waals surface area contributed by atoms with E-state index in [2.05, 4.69) is 20.1 Å². The van der Waals surface area contributed by atoms with Crippen molar-refractivity contribution in [2.24, 2.45) is 5.92 Å². The molecule has 3 unspecified atom stereocenters. The van der Waals surface area contributed by atoms with E-state index in [0.717, 1.165) is 19.3 Å². The van der Waals surface area contributed by atoms with Crippen molar-refractivity contribution in [3.8, 4) is 0 Å². The summed E-state index contributed by atoms with van der Waals surface area (Å²) in [7, 11) is -2.70. The summed E-state index contributed by atoms with van der Waals surface area (Å²) in [6.07, 6.45) is 5.49. The van der Waals surface area contributed by atoms with Gasteiger partial charge < -0.3 is 15.4 Å². The third kappa shape index (κ3) is 5.44. The Bertz CT molecular complexity index is 803. The highest BCUT2D eigenvalue weighted by molar-refractivity contribution is 7.89. The van der Waals surface area contributed by atoms with Crippen molar-refractivity contribution in [2.75, 3.05) is 19.0 Å². The lowest BCUT2D eigenvalue weighted by Gasteiger charge is -2.24. The van der Waals surface area contributed by atoms with Crippen LogP contribution in [-0.2, 0) is 24.3 Å². The number of ether oxygens (including phenoxy) is 1. The topological polar surface area (TPSA) is 114 Å². The fraction of sp³-hybridized carbons (Fsp3) is 0.556. The standard InChI is InChI=1S/C18H25N3O5S.ClH/c1-26-17(22)11-19-27(24,25)14-7-4-6-13(10-14)20-18(23)16-9-12-5-2-3-8-15(12)21-16;/h4,6-7,10,12,15-16,19,21H,2-3,5,8-9,11H2,1H3,(H,20,23);1H. The lowest BCUT2D eigenvalue weighted by Crippen LogP contribution is -2.39. The van der Waals surface area contributed by atoms with Crippen molar-refractivity contribution in [2.45, 2.75) is 49.1 Å². The quantitative estimate of drug-likeness (QED) is 0.587. The second-order valence-corrected chi connectivity index (χ2v) is 8.79. The van der Waals surface area contributed by atoms with Crippen LogP contribution >= 0.6 is 12.4 Å². The number of anilines is 1. The van der Waals surface area contributed by atoms with E-state index < -0.39 is 22.5 Å². The molecule has 3 rings (SSSR count). The summed E-state index contributed by atoms with van der Waals surface area (Å²) in [6, 6.07) is 6.11. The molecule has 1 aromatic carbocycles. The van der Waals surface area contributed by atoms with Gasteiger partial charge in [0.05, 0.1) is 18.0 Å². The van der Waals surface area contributed by atoms with E-state index in [1.807, 2.05) is 0 Å². The number of carbonyl (C=O) groups is 2. The first-order valence-electron chi connectivity index (χ1n) is 9.12. The van der Waals surface area contributed by atoms with Crippen LogP contribution in [0.3, 0.4) is 0 Å². The van der Waals surface area contributed by atoms with Crippen LogP contribution in [0.1, 0.15) is 32.1 Å². The van der Waals surface area contributed by atoms with Crippen LogP contribution in [0.25, 0.3) is 0 Å². The molecule has 3 atom stereocenters. The molecule has 1 saturated carbocycles. The molecule has 156 valence electrons. The zero-order valence-corrected chi connectivity index (χ0v) is 17.3. The largest absolute Gasteiger partial charge is 0.468 e. The van der Waals surface area contributed by atoms with Crippen molar-refractivity contribution in [1.29, 1.82) is 0 Å². The molecule has 1 saturated heterocycles. The molecule has 3 N–H and O–H groups in total. The van der Waals surface area contributed by atoms with Gasteiger partial charge in [-0.3, -0.25) is 9.59 Å². The van der Waals surface area contributed by atoms with Crippen molar-refractivity contribution in [3.05, 3.63) is 24.3 Å². The Morgan fingerprint density at radius 1 is 1.25 bits per heavy atom. The van der Waals surface area contributed by atoms with Crippen molar-refractivity contribution in [1.82, 2.24) is 10.0 Å². The van der Waals surface area contributed by atoms with Gasteiger partial charge in [0, 0.05) is 11.7 Å². The minimum atomic E-state index is -3.88. The molecule has 2 fully saturated rings. The Labute approximate surface area is 171 Å². The Morgan fingerprint density at radius 2 is 2.00 bits per heavy atom. The number of fused-ring (bicyclic) bond motifs is 1. The van der Waals surface area contributed by atoms with E-state index in [1.165, 1.54) is 32.1 Å². The van der Waals surface area contributed by atoms with Gasteiger partial charge in [0.15, 0.2) is 0 Å². The Kier molecular flexibility index (Phi) is 7.82. The number of nitrogens with one attached hydrogen (secondary N) is 3. The average molecular weight is 432 g/mol. The number of amides is 1. The Balaban J connectivity index is 0.00000280. The summed E-state index contributed by atoms with van der Waals surface area (Å²) in [5.74, 6) is -0.290. The van der Waals surface area contributed by atoms with Gasteiger partial charge in [-0.15, -0.1) is 12.4 Å². The molecular formula is C18H26ClN3O5S. The SMILES string of the molecule is COC(=O)CNS(=O)(=O)c1cccc(NC(=O)C2CC3CCCCC3N2)c1.Cl. The van der Waals surface area contributed by atoms with Gasteiger partial charge in [0.2, 0.25) is 15.9 Å². The number of methoxy groups -OCH3 is 1. The first-order valence-corrected chi connectivity index (χ1v) is 10.6. The molecule has 1 heterocycles. The normalized spacial score (nSPS) is 24.0. The third-order valence-electron chi connectivity index (χ3n) is 5.23. The molecule has 0 bridgehead atoms. The minimum absolute atomic E-state index is 0. The number of sulfonamides is 1. The average Bonchev–Trinajstić information content (AvgIpc) is 3.11. The van der Waals surface area contributed by atoms with Crippen molar-refractivity contribution in [3.63, 3.8) is 0 Å². The number of halogens is 1. The van der Waals surface area contributed by atoms with Crippen LogP contribution < -0.4 is 15.4 Å². The van der Waals surface area contributed by atoms with E-state index >= 15 is 0 Å². The zero-order chi connectivity index (χ0) is 19.4. The summed E-state index contributed by atoms with van der Waals surface area (Å²) in [6.45, 7) is -0.454. The Hall–Kier alpha value is -1.68. The molecule has 0 aromatic heterocycles. The number of hydrogen-bond donors (Lipinski definition) is 3. The predicted molar refractivity (Wildman–Crippen MR) is 107 cm³/mol. The maximum Gasteiger partial charge on any atom is 0.320 e. The highest BCUT2D eigenvalue weighted by atomic mass is 35.5. The molecule has 1 aliphatic heterocycles. The van der Waals surface area contributed by atoms with Crippen LogP contribution in [0.2, 0.25) is 0 Å². The molecule has 1 aromatic rings. The van der Waals surface area contributed by atoms with E-state index in [9.17, 15) is 18.0 Å². The molecule has 2 aliphatic rings. The fourth-order valence-electron chi connectivity index (χ4n) is 3.80. The zero-order valence-electron chi connectivity index (χ0n) is 15.6. The predicted octanol–water partition coefficient (Wildman–Crippen LogP) is 1.42. The first-order chi connectivity index (χ1) is 12.9. The lowest BCUT2D eigenvalue weighted by molar-refractivity contribution is -0.139. The highest BCUT2D eigenvalue weighted by Crippen LogP contribution is 2.33. The number of hydrogen-bond acceptors (Lipinski definition) is 6. The van der Waals surface area contributed by atoms with Crippen molar-refractivity contribution >= 4 is 40.0 Å². The molecule has 8 nitrogen and oxygen atoms in total. The molecule has 1 aliphatic carbocycles. The number of rotatable bonds is 6. The van der Waals surface area contributed by atoms with Gasteiger partial charge in [-0.1, -0.05) is 18.9 Å². The van der Waals surface area contributed by atoms with Gasteiger partial charge in [0.1, 0.15) is 6.54 Å². The summed E-state index contributed by atoms with van der Waals surface area (Å²) < 4.78 is 31.1. The molecule has 10 heteroatoms. The van der Waals surface area contributed by atoms with E-state index in [1.54, 1.807) is 12.1 Å². The van der Waals surface area contributed by atoms with Crippen LogP contribution in [-0.4, -0.2) is 46.0 Å². The fourth-order valence-corrected chi connectivity index (χ4v) is 4.82. The van der Waals surface area contributed by atoms with E-state index in [4.69, 9.17) is 0 Å². The molecule has 1 amide bonds. The summed E-state index contributed by atoms with van der Waals surface area (Å²) in [4.78, 5) is 23.7. The number of carbonyl (C=O) groups excluding carboxylic acids is 2. The maximum absolute atomic E-state index is 12.6.